The van der Waals surface area contributed by atoms with Crippen LogP contribution in [0.4, 0.5) is 10.2 Å². The fourth-order valence-electron chi connectivity index (χ4n) is 4.50. The molecule has 2 N–H and O–H groups in total. The first-order valence-electron chi connectivity index (χ1n) is 12.5. The van der Waals surface area contributed by atoms with Gasteiger partial charge in [0.1, 0.15) is 48.4 Å². The van der Waals surface area contributed by atoms with Gasteiger partial charge in [0.25, 0.3) is 0 Å². The van der Waals surface area contributed by atoms with Gasteiger partial charge < -0.3 is 20.1 Å². The molecule has 0 bridgehead atoms. The normalized spacial score (nSPS) is 14.9. The predicted octanol–water partition coefficient (Wildman–Crippen LogP) is 3.91. The molecule has 1 saturated heterocycles. The lowest BCUT2D eigenvalue weighted by Crippen LogP contribution is -2.40. The number of hydrogen-bond acceptors (Lipinski definition) is 7. The number of nitrogen functional groups attached to an aromatic ring is 1. The second-order valence-corrected chi connectivity index (χ2v) is 9.02. The van der Waals surface area contributed by atoms with Crippen molar-refractivity contribution in [3.05, 3.63) is 84.6 Å². The lowest BCUT2D eigenvalue weighted by molar-refractivity contribution is -0.127. The van der Waals surface area contributed by atoms with Crippen LogP contribution in [0.25, 0.3) is 11.0 Å². The van der Waals surface area contributed by atoms with E-state index in [2.05, 4.69) is 33.5 Å². The number of nitrogens with two attached hydrogens (primary N) is 1. The zero-order chi connectivity index (χ0) is 27.2. The Hall–Kier alpha value is -4.91. The van der Waals surface area contributed by atoms with E-state index in [4.69, 9.17) is 15.2 Å². The van der Waals surface area contributed by atoms with Crippen molar-refractivity contribution in [2.75, 3.05) is 25.4 Å². The third-order valence-corrected chi connectivity index (χ3v) is 6.36. The SMILES string of the molecule is C=CC(=O)N1CCC[C@@H](n2nc(C#CCOc3cc(F)cc(OCc4ccccc4)c3)c3c(N)ncnc32)C1. The standard InChI is InChI=1S/C29H27FN6O3/c1-2-26(37)35-12-6-10-22(17-35)36-29-27(28(31)32-19-33-29)25(34-36)11-7-13-38-23-14-21(30)15-24(16-23)39-18-20-8-4-3-5-9-20/h2-5,8-9,14-16,19,22H,1,6,10,12-13,17-18H2,(H2,31,32,33)/t22-/m1/s1. The largest absolute Gasteiger partial charge is 0.489 e. The second kappa shape index (κ2) is 11.6. The molecule has 1 atom stereocenters. The molecule has 0 aliphatic carbocycles. The molecule has 1 aliphatic heterocycles. The van der Waals surface area contributed by atoms with Crippen molar-refractivity contribution in [1.29, 1.82) is 0 Å². The smallest absolute Gasteiger partial charge is 0.246 e. The van der Waals surface area contributed by atoms with Crippen LogP contribution in [0.2, 0.25) is 0 Å². The minimum Gasteiger partial charge on any atom is -0.489 e. The number of rotatable bonds is 7. The third kappa shape index (κ3) is 5.99. The zero-order valence-corrected chi connectivity index (χ0v) is 21.2. The van der Waals surface area contributed by atoms with E-state index in [1.165, 1.54) is 24.5 Å². The third-order valence-electron chi connectivity index (χ3n) is 6.36. The van der Waals surface area contributed by atoms with E-state index < -0.39 is 5.82 Å². The number of fused-ring (bicyclic) bond motifs is 1. The van der Waals surface area contributed by atoms with Crippen molar-refractivity contribution < 1.29 is 18.7 Å². The lowest BCUT2D eigenvalue weighted by Gasteiger charge is -2.32. The molecular formula is C29H27FN6O3. The summed E-state index contributed by atoms with van der Waals surface area (Å²) >= 11 is 0. The first-order valence-corrected chi connectivity index (χ1v) is 12.5. The molecule has 4 aromatic rings. The molecule has 1 fully saturated rings. The molecule has 5 rings (SSSR count). The van der Waals surface area contributed by atoms with Crippen LogP contribution in [0.1, 0.15) is 30.1 Å². The summed E-state index contributed by atoms with van der Waals surface area (Å²) in [6.07, 6.45) is 4.35. The van der Waals surface area contributed by atoms with Crippen LogP contribution >= 0.6 is 0 Å². The molecule has 9 nitrogen and oxygen atoms in total. The predicted molar refractivity (Wildman–Crippen MR) is 144 cm³/mol. The van der Waals surface area contributed by atoms with Gasteiger partial charge in [-0.2, -0.15) is 5.10 Å². The summed E-state index contributed by atoms with van der Waals surface area (Å²) in [6, 6.07) is 13.7. The van der Waals surface area contributed by atoms with Crippen molar-refractivity contribution in [1.82, 2.24) is 24.6 Å². The van der Waals surface area contributed by atoms with Gasteiger partial charge in [0.15, 0.2) is 5.65 Å². The highest BCUT2D eigenvalue weighted by Gasteiger charge is 2.27. The van der Waals surface area contributed by atoms with E-state index in [1.54, 1.807) is 15.6 Å². The highest BCUT2D eigenvalue weighted by atomic mass is 19.1. The van der Waals surface area contributed by atoms with Crippen LogP contribution in [0.15, 0.2) is 67.5 Å². The molecular weight excluding hydrogens is 499 g/mol. The molecule has 2 aromatic carbocycles. The first kappa shape index (κ1) is 25.7. The Morgan fingerprint density at radius 3 is 2.77 bits per heavy atom. The molecule has 39 heavy (non-hydrogen) atoms. The maximum Gasteiger partial charge on any atom is 0.246 e. The number of piperidine rings is 1. The van der Waals surface area contributed by atoms with Crippen molar-refractivity contribution in [3.8, 4) is 23.3 Å². The Labute approximate surface area is 225 Å². The van der Waals surface area contributed by atoms with Crippen molar-refractivity contribution in [2.24, 2.45) is 0 Å². The van der Waals surface area contributed by atoms with E-state index in [1.807, 2.05) is 30.3 Å². The summed E-state index contributed by atoms with van der Waals surface area (Å²) in [6.45, 7) is 5.02. The van der Waals surface area contributed by atoms with E-state index in [-0.39, 0.29) is 24.4 Å². The number of anilines is 1. The molecule has 10 heteroatoms. The van der Waals surface area contributed by atoms with Gasteiger partial charge in [-0.05, 0) is 30.4 Å². The van der Waals surface area contributed by atoms with E-state index in [0.29, 0.717) is 47.9 Å². The first-order chi connectivity index (χ1) is 19.0. The van der Waals surface area contributed by atoms with Gasteiger partial charge in [-0.15, -0.1) is 0 Å². The van der Waals surface area contributed by atoms with E-state index in [9.17, 15) is 9.18 Å². The van der Waals surface area contributed by atoms with Gasteiger partial charge in [-0.1, -0.05) is 42.8 Å². The van der Waals surface area contributed by atoms with Crippen LogP contribution < -0.4 is 15.2 Å². The van der Waals surface area contributed by atoms with Gasteiger partial charge in [0.05, 0.1) is 11.4 Å². The Morgan fingerprint density at radius 2 is 1.97 bits per heavy atom. The molecule has 1 amide bonds. The van der Waals surface area contributed by atoms with E-state index in [0.717, 1.165) is 18.4 Å². The van der Waals surface area contributed by atoms with Gasteiger partial charge in [-0.25, -0.2) is 19.0 Å². The molecule has 1 aliphatic rings. The van der Waals surface area contributed by atoms with Crippen LogP contribution in [0.3, 0.4) is 0 Å². The summed E-state index contributed by atoms with van der Waals surface area (Å²) in [5.41, 5.74) is 8.09. The number of halogens is 1. The molecule has 0 unspecified atom stereocenters. The molecule has 0 saturated carbocycles. The number of ether oxygens (including phenoxy) is 2. The molecule has 198 valence electrons. The van der Waals surface area contributed by atoms with Crippen LogP contribution in [0.5, 0.6) is 11.5 Å². The number of hydrogen-bond donors (Lipinski definition) is 1. The number of benzene rings is 2. The minimum atomic E-state index is -0.477. The number of amides is 1. The van der Waals surface area contributed by atoms with Crippen LogP contribution in [-0.2, 0) is 11.4 Å². The molecule has 0 spiro atoms. The van der Waals surface area contributed by atoms with Gasteiger partial charge in [0, 0.05) is 31.3 Å². The van der Waals surface area contributed by atoms with Gasteiger partial charge in [-0.3, -0.25) is 4.79 Å². The van der Waals surface area contributed by atoms with Gasteiger partial charge in [0.2, 0.25) is 5.91 Å². The summed E-state index contributed by atoms with van der Waals surface area (Å²) in [4.78, 5) is 22.4. The molecule has 0 radical (unpaired) electrons. The molecule has 2 aromatic heterocycles. The summed E-state index contributed by atoms with van der Waals surface area (Å²) in [7, 11) is 0. The van der Waals surface area contributed by atoms with Crippen LogP contribution in [0, 0.1) is 17.7 Å². The number of nitrogens with zero attached hydrogens (tertiary/aromatic N) is 5. The summed E-state index contributed by atoms with van der Waals surface area (Å²) in [5.74, 6) is 6.22. The number of aromatic nitrogens is 4. The highest BCUT2D eigenvalue weighted by molar-refractivity contribution is 5.90. The summed E-state index contributed by atoms with van der Waals surface area (Å²) < 4.78 is 27.3. The van der Waals surface area contributed by atoms with E-state index >= 15 is 0 Å². The average molecular weight is 527 g/mol. The molecule has 3 heterocycles. The maximum atomic E-state index is 14.2. The fraction of sp³-hybridized carbons (Fsp3) is 0.241. The Morgan fingerprint density at radius 1 is 1.18 bits per heavy atom. The monoisotopic (exact) mass is 526 g/mol. The highest BCUT2D eigenvalue weighted by Crippen LogP contribution is 2.28. The second-order valence-electron chi connectivity index (χ2n) is 9.02. The summed E-state index contributed by atoms with van der Waals surface area (Å²) in [5, 5.41) is 5.22. The Kier molecular flexibility index (Phi) is 7.68. The maximum absolute atomic E-state index is 14.2. The van der Waals surface area contributed by atoms with Crippen LogP contribution in [-0.4, -0.2) is 50.3 Å². The Balaban J connectivity index is 1.31. The number of carbonyl (C=O) groups is 1. The van der Waals surface area contributed by atoms with Gasteiger partial charge >= 0.3 is 0 Å². The lowest BCUT2D eigenvalue weighted by atomic mass is 10.1. The Bertz CT molecular complexity index is 1560. The van der Waals surface area contributed by atoms with Crippen molar-refractivity contribution in [3.63, 3.8) is 0 Å². The topological polar surface area (TPSA) is 108 Å². The minimum absolute atomic E-state index is 0.0193. The fourth-order valence-corrected chi connectivity index (χ4v) is 4.50. The number of likely N-dealkylation sites (tertiary alicyclic amines) is 1. The number of carbonyl (C=O) groups excluding carboxylic acids is 1. The van der Waals surface area contributed by atoms with Crippen molar-refractivity contribution in [2.45, 2.75) is 25.5 Å². The quantitative estimate of drug-likeness (QED) is 0.287. The van der Waals surface area contributed by atoms with Crippen molar-refractivity contribution >= 4 is 22.8 Å². The zero-order valence-electron chi connectivity index (χ0n) is 21.2. The average Bonchev–Trinajstić information content (AvgIpc) is 3.34.